The Morgan fingerprint density at radius 3 is 2.23 bits per heavy atom. The molecule has 164 valence electrons. The van der Waals surface area contributed by atoms with Crippen molar-refractivity contribution in [1.82, 2.24) is 10.2 Å². The number of carbonyl (C=O) groups excluding carboxylic acids is 1. The highest BCUT2D eigenvalue weighted by Crippen LogP contribution is 2.41. The predicted molar refractivity (Wildman–Crippen MR) is 120 cm³/mol. The molecule has 0 unspecified atom stereocenters. The minimum Gasteiger partial charge on any atom is -0.493 e. The molecular weight excluding hydrogens is 489 g/mol. The highest BCUT2D eigenvalue weighted by molar-refractivity contribution is 7.99. The molecule has 0 spiro atoms. The standard InChI is InChI=1S/C19H16Cl3N3O5S/c1-27-14-4-9(5-15(28-2)17(14)29-3)18-24-25-19(30-18)31-8-16(26)23-13-7-11(21)10(20)6-12(13)22/h4-7H,8H2,1-3H3,(H,23,26). The fourth-order valence-corrected chi connectivity index (χ4v) is 3.68. The van der Waals surface area contributed by atoms with E-state index in [0.29, 0.717) is 33.5 Å². The predicted octanol–water partition coefficient (Wildman–Crippen LogP) is 5.45. The number of halogens is 3. The zero-order chi connectivity index (χ0) is 22.5. The highest BCUT2D eigenvalue weighted by atomic mass is 35.5. The van der Waals surface area contributed by atoms with E-state index in [4.69, 9.17) is 53.4 Å². The van der Waals surface area contributed by atoms with Crippen LogP contribution in [0.25, 0.3) is 11.5 Å². The molecule has 0 aliphatic rings. The Morgan fingerprint density at radius 2 is 1.61 bits per heavy atom. The molecule has 0 saturated heterocycles. The number of nitrogens with zero attached hydrogens (tertiary/aromatic N) is 2. The van der Waals surface area contributed by atoms with Crippen molar-refractivity contribution in [2.45, 2.75) is 5.22 Å². The lowest BCUT2D eigenvalue weighted by Crippen LogP contribution is -2.14. The minimum absolute atomic E-state index is 0.00740. The van der Waals surface area contributed by atoms with Gasteiger partial charge in [0.2, 0.25) is 17.5 Å². The molecule has 8 nitrogen and oxygen atoms in total. The average Bonchev–Trinajstić information content (AvgIpc) is 3.24. The molecule has 0 aliphatic carbocycles. The number of hydrogen-bond acceptors (Lipinski definition) is 8. The topological polar surface area (TPSA) is 95.7 Å². The lowest BCUT2D eigenvalue weighted by Gasteiger charge is -2.12. The van der Waals surface area contributed by atoms with Crippen molar-refractivity contribution in [3.63, 3.8) is 0 Å². The first-order valence-corrected chi connectivity index (χ1v) is 10.7. The lowest BCUT2D eigenvalue weighted by molar-refractivity contribution is -0.113. The van der Waals surface area contributed by atoms with Gasteiger partial charge in [0, 0.05) is 5.56 Å². The molecule has 0 bridgehead atoms. The summed E-state index contributed by atoms with van der Waals surface area (Å²) in [6, 6.07) is 6.30. The summed E-state index contributed by atoms with van der Waals surface area (Å²) in [4.78, 5) is 12.2. The van der Waals surface area contributed by atoms with Gasteiger partial charge in [-0.05, 0) is 24.3 Å². The first kappa shape index (κ1) is 23.3. The maximum atomic E-state index is 12.2. The normalized spacial score (nSPS) is 10.6. The third kappa shape index (κ3) is 5.48. The van der Waals surface area contributed by atoms with Crippen LogP contribution in [-0.4, -0.2) is 43.2 Å². The van der Waals surface area contributed by atoms with Gasteiger partial charge >= 0.3 is 0 Å². The Balaban J connectivity index is 1.69. The largest absolute Gasteiger partial charge is 0.493 e. The summed E-state index contributed by atoms with van der Waals surface area (Å²) < 4.78 is 21.6. The first-order chi connectivity index (χ1) is 14.9. The molecular formula is C19H16Cl3N3O5S. The van der Waals surface area contributed by atoms with Gasteiger partial charge in [-0.3, -0.25) is 4.79 Å². The molecule has 3 rings (SSSR count). The maximum Gasteiger partial charge on any atom is 0.277 e. The second-order valence-electron chi connectivity index (χ2n) is 5.87. The van der Waals surface area contributed by atoms with Gasteiger partial charge in [-0.1, -0.05) is 46.6 Å². The van der Waals surface area contributed by atoms with Crippen molar-refractivity contribution >= 4 is 58.2 Å². The number of benzene rings is 2. The van der Waals surface area contributed by atoms with E-state index < -0.39 is 0 Å². The van der Waals surface area contributed by atoms with E-state index in [1.807, 2.05) is 0 Å². The number of thioether (sulfide) groups is 1. The number of rotatable bonds is 8. The van der Waals surface area contributed by atoms with Crippen LogP contribution in [0.15, 0.2) is 33.9 Å². The maximum absolute atomic E-state index is 12.2. The molecule has 0 radical (unpaired) electrons. The fourth-order valence-electron chi connectivity index (χ4n) is 2.52. The number of amides is 1. The summed E-state index contributed by atoms with van der Waals surface area (Å²) in [5, 5.41) is 11.7. The van der Waals surface area contributed by atoms with Crippen LogP contribution < -0.4 is 19.5 Å². The molecule has 0 atom stereocenters. The van der Waals surface area contributed by atoms with Gasteiger partial charge in [-0.15, -0.1) is 10.2 Å². The molecule has 3 aromatic rings. The van der Waals surface area contributed by atoms with Crippen LogP contribution in [0.2, 0.25) is 15.1 Å². The van der Waals surface area contributed by atoms with Gasteiger partial charge in [0.1, 0.15) is 0 Å². The van der Waals surface area contributed by atoms with Gasteiger partial charge in [-0.2, -0.15) is 0 Å². The van der Waals surface area contributed by atoms with Gasteiger partial charge in [0.05, 0.1) is 47.8 Å². The van der Waals surface area contributed by atoms with Crippen molar-refractivity contribution in [2.75, 3.05) is 32.4 Å². The molecule has 1 heterocycles. The number of methoxy groups -OCH3 is 3. The summed E-state index contributed by atoms with van der Waals surface area (Å²) in [6.45, 7) is 0. The van der Waals surface area contributed by atoms with Crippen molar-refractivity contribution in [3.8, 4) is 28.7 Å². The number of aromatic nitrogens is 2. The van der Waals surface area contributed by atoms with Crippen molar-refractivity contribution in [2.24, 2.45) is 0 Å². The number of anilines is 1. The van der Waals surface area contributed by atoms with Crippen molar-refractivity contribution < 1.29 is 23.4 Å². The van der Waals surface area contributed by atoms with Crippen molar-refractivity contribution in [1.29, 1.82) is 0 Å². The summed E-state index contributed by atoms with van der Waals surface area (Å²) >= 11 is 19.0. The average molecular weight is 505 g/mol. The van der Waals surface area contributed by atoms with E-state index in [2.05, 4.69) is 15.5 Å². The van der Waals surface area contributed by atoms with E-state index >= 15 is 0 Å². The van der Waals surface area contributed by atoms with Crippen LogP contribution in [0, 0.1) is 0 Å². The van der Waals surface area contributed by atoms with Gasteiger partial charge < -0.3 is 23.9 Å². The Labute approximate surface area is 197 Å². The zero-order valence-corrected chi connectivity index (χ0v) is 19.6. The SMILES string of the molecule is COc1cc(-c2nnc(SCC(=O)Nc3cc(Cl)c(Cl)cc3Cl)o2)cc(OC)c1OC. The Morgan fingerprint density at radius 1 is 0.968 bits per heavy atom. The molecule has 12 heteroatoms. The van der Waals surface area contributed by atoms with E-state index in [-0.39, 0.29) is 32.8 Å². The fraction of sp³-hybridized carbons (Fsp3) is 0.211. The third-order valence-corrected chi connectivity index (χ3v) is 5.78. The quantitative estimate of drug-likeness (QED) is 0.319. The molecule has 2 aromatic carbocycles. The van der Waals surface area contributed by atoms with Crippen LogP contribution in [0.4, 0.5) is 5.69 Å². The zero-order valence-electron chi connectivity index (χ0n) is 16.5. The number of hydrogen-bond donors (Lipinski definition) is 1. The molecule has 0 fully saturated rings. The van der Waals surface area contributed by atoms with Crippen molar-refractivity contribution in [3.05, 3.63) is 39.3 Å². The monoisotopic (exact) mass is 503 g/mol. The molecule has 1 amide bonds. The Hall–Kier alpha value is -2.33. The first-order valence-electron chi connectivity index (χ1n) is 8.57. The second kappa shape index (κ2) is 10.3. The minimum atomic E-state index is -0.335. The summed E-state index contributed by atoms with van der Waals surface area (Å²) in [7, 11) is 4.53. The number of ether oxygens (including phenoxy) is 3. The number of nitrogens with one attached hydrogen (secondary N) is 1. The number of carbonyl (C=O) groups is 1. The second-order valence-corrected chi connectivity index (χ2v) is 8.02. The summed E-state index contributed by atoms with van der Waals surface area (Å²) in [5.41, 5.74) is 0.922. The van der Waals surface area contributed by atoms with Crippen LogP contribution in [0.1, 0.15) is 0 Å². The van der Waals surface area contributed by atoms with Crippen LogP contribution >= 0.6 is 46.6 Å². The van der Waals surface area contributed by atoms with E-state index in [0.717, 1.165) is 11.8 Å². The van der Waals surface area contributed by atoms with E-state index in [9.17, 15) is 4.79 Å². The highest BCUT2D eigenvalue weighted by Gasteiger charge is 2.18. The Kier molecular flexibility index (Phi) is 7.77. The molecule has 0 saturated carbocycles. The Bertz CT molecular complexity index is 1080. The lowest BCUT2D eigenvalue weighted by atomic mass is 10.2. The van der Waals surface area contributed by atoms with Crippen LogP contribution in [-0.2, 0) is 4.79 Å². The van der Waals surface area contributed by atoms with E-state index in [1.165, 1.54) is 33.5 Å². The third-order valence-electron chi connectivity index (χ3n) is 3.93. The van der Waals surface area contributed by atoms with Gasteiger partial charge in [-0.25, -0.2) is 0 Å². The smallest absolute Gasteiger partial charge is 0.277 e. The van der Waals surface area contributed by atoms with Gasteiger partial charge in [0.15, 0.2) is 11.5 Å². The van der Waals surface area contributed by atoms with Gasteiger partial charge in [0.25, 0.3) is 5.22 Å². The van der Waals surface area contributed by atoms with E-state index in [1.54, 1.807) is 12.1 Å². The summed E-state index contributed by atoms with van der Waals surface area (Å²) in [5.74, 6) is 1.24. The molecule has 0 aliphatic heterocycles. The summed E-state index contributed by atoms with van der Waals surface area (Å²) in [6.07, 6.45) is 0. The van der Waals surface area contributed by atoms with Crippen LogP contribution in [0.5, 0.6) is 17.2 Å². The van der Waals surface area contributed by atoms with Crippen LogP contribution in [0.3, 0.4) is 0 Å². The molecule has 31 heavy (non-hydrogen) atoms. The molecule has 1 N–H and O–H groups in total. The molecule has 1 aromatic heterocycles.